The lowest BCUT2D eigenvalue weighted by molar-refractivity contribution is -0.121. The normalized spacial score (nSPS) is 10.8. The number of nitrogens with zero attached hydrogens (tertiary/aromatic N) is 3. The van der Waals surface area contributed by atoms with Gasteiger partial charge in [0, 0.05) is 49.6 Å². The molecule has 0 aliphatic rings. The van der Waals surface area contributed by atoms with Crippen molar-refractivity contribution in [3.63, 3.8) is 0 Å². The van der Waals surface area contributed by atoms with Gasteiger partial charge in [-0.05, 0) is 20.3 Å². The zero-order valence-corrected chi connectivity index (χ0v) is 14.3. The van der Waals surface area contributed by atoms with E-state index in [1.165, 1.54) is 16.8 Å². The van der Waals surface area contributed by atoms with Crippen molar-refractivity contribution in [3.8, 4) is 0 Å². The van der Waals surface area contributed by atoms with Gasteiger partial charge in [0.2, 0.25) is 5.91 Å². The quantitative estimate of drug-likeness (QED) is 0.769. The summed E-state index contributed by atoms with van der Waals surface area (Å²) in [5, 5.41) is 7.34. The first-order chi connectivity index (χ1) is 11.4. The number of carbonyl (C=O) groups excluding carboxylic acids is 1. The van der Waals surface area contributed by atoms with Crippen molar-refractivity contribution in [2.24, 2.45) is 0 Å². The Balaban J connectivity index is 1.92. The molecule has 0 aliphatic heterocycles. The van der Waals surface area contributed by atoms with Gasteiger partial charge < -0.3 is 9.88 Å². The van der Waals surface area contributed by atoms with Crippen molar-refractivity contribution >= 4 is 5.91 Å². The fourth-order valence-corrected chi connectivity index (χ4v) is 2.54. The number of aromatic amines is 1. The Bertz CT molecular complexity index is 831. The van der Waals surface area contributed by atoms with Crippen LogP contribution in [-0.2, 0) is 24.4 Å². The topological polar surface area (TPSA) is 102 Å². The van der Waals surface area contributed by atoms with E-state index in [9.17, 15) is 14.4 Å². The third-order valence-corrected chi connectivity index (χ3v) is 3.91. The van der Waals surface area contributed by atoms with Crippen LogP contribution < -0.4 is 16.6 Å². The molecule has 2 aromatic rings. The molecule has 0 saturated carbocycles. The summed E-state index contributed by atoms with van der Waals surface area (Å²) in [6.07, 6.45) is 2.55. The maximum absolute atomic E-state index is 12.0. The molecule has 0 atom stereocenters. The van der Waals surface area contributed by atoms with Gasteiger partial charge in [-0.2, -0.15) is 5.10 Å². The van der Waals surface area contributed by atoms with Gasteiger partial charge in [-0.15, -0.1) is 0 Å². The molecule has 2 aromatic heterocycles. The van der Waals surface area contributed by atoms with E-state index in [4.69, 9.17) is 0 Å². The number of amides is 1. The Morgan fingerprint density at radius 1 is 1.29 bits per heavy atom. The van der Waals surface area contributed by atoms with Crippen LogP contribution >= 0.6 is 0 Å². The molecule has 0 bridgehead atoms. The van der Waals surface area contributed by atoms with Gasteiger partial charge in [-0.3, -0.25) is 19.3 Å². The van der Waals surface area contributed by atoms with Crippen LogP contribution in [0.4, 0.5) is 0 Å². The number of nitrogens with one attached hydrogen (secondary N) is 2. The van der Waals surface area contributed by atoms with E-state index in [1.807, 2.05) is 18.5 Å². The molecule has 0 saturated heterocycles. The largest absolute Gasteiger partial charge is 0.352 e. The number of hydrogen-bond donors (Lipinski definition) is 2. The van der Waals surface area contributed by atoms with E-state index < -0.39 is 11.2 Å². The van der Waals surface area contributed by atoms with Gasteiger partial charge in [0.15, 0.2) is 0 Å². The molecule has 0 spiro atoms. The van der Waals surface area contributed by atoms with E-state index in [1.54, 1.807) is 0 Å². The Hall–Kier alpha value is -2.64. The predicted molar refractivity (Wildman–Crippen MR) is 89.8 cm³/mol. The van der Waals surface area contributed by atoms with Crippen LogP contribution in [0.15, 0.2) is 21.9 Å². The molecule has 0 radical (unpaired) electrons. The maximum Gasteiger partial charge on any atom is 0.328 e. The number of aromatic nitrogens is 4. The molecule has 1 amide bonds. The highest BCUT2D eigenvalue weighted by molar-refractivity contribution is 5.75. The average Bonchev–Trinajstić information content (AvgIpc) is 2.79. The average molecular weight is 333 g/mol. The van der Waals surface area contributed by atoms with E-state index in [0.717, 1.165) is 29.9 Å². The summed E-state index contributed by atoms with van der Waals surface area (Å²) in [6, 6.07) is 1.26. The highest BCUT2D eigenvalue weighted by Gasteiger charge is 2.12. The van der Waals surface area contributed by atoms with Crippen molar-refractivity contribution < 1.29 is 4.79 Å². The van der Waals surface area contributed by atoms with Crippen molar-refractivity contribution in [2.45, 2.75) is 53.2 Å². The standard InChI is InChI=1S/C16H23N5O3/c1-4-7-21-12(3)13(11(2)19-21)10-17-14(22)5-8-20-9-6-15(23)18-16(20)24/h6,9H,4-5,7-8,10H2,1-3H3,(H,17,22)(H,18,23,24). The molecule has 0 unspecified atom stereocenters. The molecule has 0 fully saturated rings. The molecule has 8 heteroatoms. The monoisotopic (exact) mass is 333 g/mol. The lowest BCUT2D eigenvalue weighted by atomic mass is 10.2. The molecular formula is C16H23N5O3. The minimum Gasteiger partial charge on any atom is -0.352 e. The SMILES string of the molecule is CCCn1nc(C)c(CNC(=O)CCn2ccc(=O)[nH]c2=O)c1C. The summed E-state index contributed by atoms with van der Waals surface area (Å²) in [5.41, 5.74) is 2.04. The van der Waals surface area contributed by atoms with Gasteiger partial charge in [-0.1, -0.05) is 6.92 Å². The Morgan fingerprint density at radius 2 is 2.04 bits per heavy atom. The highest BCUT2D eigenvalue weighted by atomic mass is 16.2. The molecule has 2 rings (SSSR count). The minimum absolute atomic E-state index is 0.157. The smallest absolute Gasteiger partial charge is 0.328 e. The van der Waals surface area contributed by atoms with Gasteiger partial charge >= 0.3 is 5.69 Å². The van der Waals surface area contributed by atoms with Crippen molar-refractivity contribution in [1.29, 1.82) is 0 Å². The maximum atomic E-state index is 12.0. The first kappa shape index (κ1) is 17.7. The van der Waals surface area contributed by atoms with Crippen LogP contribution in [0.2, 0.25) is 0 Å². The Labute approximate surface area is 139 Å². The van der Waals surface area contributed by atoms with Crippen LogP contribution in [0.3, 0.4) is 0 Å². The molecular weight excluding hydrogens is 310 g/mol. The number of aryl methyl sites for hydroxylation is 3. The van der Waals surface area contributed by atoms with Gasteiger partial charge in [0.25, 0.3) is 5.56 Å². The van der Waals surface area contributed by atoms with Crippen LogP contribution in [-0.4, -0.2) is 25.2 Å². The van der Waals surface area contributed by atoms with E-state index in [2.05, 4.69) is 22.3 Å². The van der Waals surface area contributed by atoms with Crippen LogP contribution in [0.5, 0.6) is 0 Å². The van der Waals surface area contributed by atoms with Gasteiger partial charge in [-0.25, -0.2) is 4.79 Å². The van der Waals surface area contributed by atoms with Crippen molar-refractivity contribution in [1.82, 2.24) is 24.6 Å². The lowest BCUT2D eigenvalue weighted by Crippen LogP contribution is -2.31. The van der Waals surface area contributed by atoms with Crippen LogP contribution in [0, 0.1) is 13.8 Å². The zero-order valence-electron chi connectivity index (χ0n) is 14.3. The van der Waals surface area contributed by atoms with Crippen molar-refractivity contribution in [3.05, 3.63) is 50.1 Å². The summed E-state index contributed by atoms with van der Waals surface area (Å²) in [4.78, 5) is 36.7. The molecule has 2 heterocycles. The molecule has 130 valence electrons. The zero-order chi connectivity index (χ0) is 17.7. The Morgan fingerprint density at radius 3 is 2.71 bits per heavy atom. The number of carbonyl (C=O) groups is 1. The molecule has 2 N–H and O–H groups in total. The van der Waals surface area contributed by atoms with Crippen LogP contribution in [0.25, 0.3) is 0 Å². The fourth-order valence-electron chi connectivity index (χ4n) is 2.54. The minimum atomic E-state index is -0.511. The molecule has 0 aromatic carbocycles. The summed E-state index contributed by atoms with van der Waals surface area (Å²) >= 11 is 0. The first-order valence-electron chi connectivity index (χ1n) is 8.01. The fraction of sp³-hybridized carbons (Fsp3) is 0.500. The lowest BCUT2D eigenvalue weighted by Gasteiger charge is -2.07. The Kier molecular flexibility index (Phi) is 5.73. The summed E-state index contributed by atoms with van der Waals surface area (Å²) in [7, 11) is 0. The summed E-state index contributed by atoms with van der Waals surface area (Å²) in [6.45, 7) is 7.51. The third-order valence-electron chi connectivity index (χ3n) is 3.91. The molecule has 0 aliphatic carbocycles. The van der Waals surface area contributed by atoms with Crippen LogP contribution in [0.1, 0.15) is 36.7 Å². The van der Waals surface area contributed by atoms with E-state index in [0.29, 0.717) is 6.54 Å². The predicted octanol–water partition coefficient (Wildman–Crippen LogP) is 0.466. The number of hydrogen-bond acceptors (Lipinski definition) is 4. The number of rotatable bonds is 7. The summed E-state index contributed by atoms with van der Waals surface area (Å²) < 4.78 is 3.26. The molecule has 8 nitrogen and oxygen atoms in total. The second-order valence-electron chi connectivity index (χ2n) is 5.70. The first-order valence-corrected chi connectivity index (χ1v) is 8.01. The van der Waals surface area contributed by atoms with E-state index >= 15 is 0 Å². The van der Waals surface area contributed by atoms with Gasteiger partial charge in [0.05, 0.1) is 5.69 Å². The summed E-state index contributed by atoms with van der Waals surface area (Å²) in [5.74, 6) is -0.157. The van der Waals surface area contributed by atoms with Crippen molar-refractivity contribution in [2.75, 3.05) is 0 Å². The van der Waals surface area contributed by atoms with E-state index in [-0.39, 0.29) is 18.9 Å². The second kappa shape index (κ2) is 7.76. The number of H-pyrrole nitrogens is 1. The van der Waals surface area contributed by atoms with Gasteiger partial charge in [0.1, 0.15) is 0 Å². The second-order valence-corrected chi connectivity index (χ2v) is 5.70. The molecule has 24 heavy (non-hydrogen) atoms. The third kappa shape index (κ3) is 4.21. The highest BCUT2D eigenvalue weighted by Crippen LogP contribution is 2.13.